The van der Waals surface area contributed by atoms with Gasteiger partial charge in [0.15, 0.2) is 0 Å². The topological polar surface area (TPSA) is 20.2 Å². The van der Waals surface area contributed by atoms with E-state index in [-0.39, 0.29) is 6.10 Å². The SMILES string of the molecule is O[C@@H]1CCCC[C@H]1Cc1cccs1. The van der Waals surface area contributed by atoms with Crippen molar-refractivity contribution in [3.8, 4) is 0 Å². The van der Waals surface area contributed by atoms with Crippen molar-refractivity contribution in [3.05, 3.63) is 22.4 Å². The van der Waals surface area contributed by atoms with E-state index in [9.17, 15) is 5.11 Å². The molecule has 72 valence electrons. The van der Waals surface area contributed by atoms with Gasteiger partial charge in [0.05, 0.1) is 6.10 Å². The van der Waals surface area contributed by atoms with Crippen LogP contribution in [-0.2, 0) is 6.42 Å². The van der Waals surface area contributed by atoms with E-state index in [1.54, 1.807) is 0 Å². The number of aliphatic hydroxyl groups excluding tert-OH is 1. The molecule has 0 radical (unpaired) electrons. The molecule has 0 unspecified atom stereocenters. The van der Waals surface area contributed by atoms with Crippen LogP contribution in [0.15, 0.2) is 17.5 Å². The molecule has 13 heavy (non-hydrogen) atoms. The molecule has 0 spiro atoms. The van der Waals surface area contributed by atoms with Gasteiger partial charge in [0.25, 0.3) is 0 Å². The van der Waals surface area contributed by atoms with Crippen molar-refractivity contribution in [3.63, 3.8) is 0 Å². The van der Waals surface area contributed by atoms with Gasteiger partial charge in [-0.3, -0.25) is 0 Å². The summed E-state index contributed by atoms with van der Waals surface area (Å²) in [5.74, 6) is 0.521. The number of thiophene rings is 1. The molecule has 1 N–H and O–H groups in total. The molecule has 1 aromatic heterocycles. The highest BCUT2D eigenvalue weighted by atomic mass is 32.1. The predicted octanol–water partition coefficient (Wildman–Crippen LogP) is 2.84. The van der Waals surface area contributed by atoms with Crippen LogP contribution in [0, 0.1) is 5.92 Å². The number of aliphatic hydroxyl groups is 1. The molecule has 0 bridgehead atoms. The van der Waals surface area contributed by atoms with Gasteiger partial charge in [0, 0.05) is 4.88 Å². The lowest BCUT2D eigenvalue weighted by atomic mass is 9.84. The lowest BCUT2D eigenvalue weighted by Crippen LogP contribution is -2.25. The quantitative estimate of drug-likeness (QED) is 0.771. The second-order valence-corrected chi connectivity index (χ2v) is 4.93. The van der Waals surface area contributed by atoms with Crippen molar-refractivity contribution in [2.45, 2.75) is 38.2 Å². The van der Waals surface area contributed by atoms with Gasteiger partial charge in [-0.25, -0.2) is 0 Å². The van der Waals surface area contributed by atoms with Gasteiger partial charge in [-0.05, 0) is 36.6 Å². The van der Waals surface area contributed by atoms with Gasteiger partial charge in [0.1, 0.15) is 0 Å². The van der Waals surface area contributed by atoms with Crippen molar-refractivity contribution >= 4 is 11.3 Å². The van der Waals surface area contributed by atoms with Crippen LogP contribution in [0.2, 0.25) is 0 Å². The van der Waals surface area contributed by atoms with Crippen LogP contribution in [0.5, 0.6) is 0 Å². The smallest absolute Gasteiger partial charge is 0.0571 e. The molecule has 2 rings (SSSR count). The van der Waals surface area contributed by atoms with Crippen LogP contribution in [0.4, 0.5) is 0 Å². The number of hydrogen-bond acceptors (Lipinski definition) is 2. The standard InChI is InChI=1S/C11H16OS/c12-11-6-2-1-4-9(11)8-10-5-3-7-13-10/h3,5,7,9,11-12H,1-2,4,6,8H2/t9-,11+/m0/s1. The van der Waals surface area contributed by atoms with Crippen molar-refractivity contribution in [2.75, 3.05) is 0 Å². The average molecular weight is 196 g/mol. The fraction of sp³-hybridized carbons (Fsp3) is 0.636. The largest absolute Gasteiger partial charge is 0.393 e. The Balaban J connectivity index is 1.93. The highest BCUT2D eigenvalue weighted by molar-refractivity contribution is 7.09. The summed E-state index contributed by atoms with van der Waals surface area (Å²) in [6.45, 7) is 0. The second-order valence-electron chi connectivity index (χ2n) is 3.90. The minimum absolute atomic E-state index is 0.0455. The van der Waals surface area contributed by atoms with E-state index in [4.69, 9.17) is 0 Å². The number of rotatable bonds is 2. The summed E-state index contributed by atoms with van der Waals surface area (Å²) in [6.07, 6.45) is 5.76. The lowest BCUT2D eigenvalue weighted by Gasteiger charge is -2.26. The van der Waals surface area contributed by atoms with Crippen LogP contribution in [0.1, 0.15) is 30.6 Å². The molecule has 2 heteroatoms. The van der Waals surface area contributed by atoms with Gasteiger partial charge < -0.3 is 5.11 Å². The molecular weight excluding hydrogens is 180 g/mol. The molecule has 1 fully saturated rings. The first-order valence-corrected chi connectivity index (χ1v) is 5.94. The molecule has 0 saturated heterocycles. The minimum Gasteiger partial charge on any atom is -0.393 e. The van der Waals surface area contributed by atoms with E-state index in [1.165, 1.54) is 24.1 Å². The molecule has 1 aliphatic rings. The van der Waals surface area contributed by atoms with Crippen LogP contribution < -0.4 is 0 Å². The monoisotopic (exact) mass is 196 g/mol. The summed E-state index contributed by atoms with van der Waals surface area (Å²) in [5.41, 5.74) is 0. The molecule has 1 saturated carbocycles. The maximum atomic E-state index is 9.77. The summed E-state index contributed by atoms with van der Waals surface area (Å²) >= 11 is 1.81. The van der Waals surface area contributed by atoms with Gasteiger partial charge in [-0.1, -0.05) is 18.9 Å². The van der Waals surface area contributed by atoms with Crippen LogP contribution in [0.25, 0.3) is 0 Å². The maximum absolute atomic E-state index is 9.77. The second kappa shape index (κ2) is 4.25. The Morgan fingerprint density at radius 3 is 2.92 bits per heavy atom. The first-order chi connectivity index (χ1) is 6.36. The first-order valence-electron chi connectivity index (χ1n) is 5.06. The Hall–Kier alpha value is -0.340. The average Bonchev–Trinajstić information content (AvgIpc) is 2.61. The molecule has 1 aliphatic carbocycles. The van der Waals surface area contributed by atoms with Gasteiger partial charge in [0.2, 0.25) is 0 Å². The third kappa shape index (κ3) is 2.32. The van der Waals surface area contributed by atoms with Crippen molar-refractivity contribution in [1.82, 2.24) is 0 Å². The summed E-state index contributed by atoms with van der Waals surface area (Å²) in [6, 6.07) is 4.27. The molecular formula is C11H16OS. The Labute approximate surface area is 83.4 Å². The van der Waals surface area contributed by atoms with Crippen molar-refractivity contribution in [1.29, 1.82) is 0 Å². The van der Waals surface area contributed by atoms with Crippen LogP contribution >= 0.6 is 11.3 Å². The molecule has 1 heterocycles. The highest BCUT2D eigenvalue weighted by Crippen LogP contribution is 2.28. The van der Waals surface area contributed by atoms with Crippen molar-refractivity contribution in [2.24, 2.45) is 5.92 Å². The number of hydrogen-bond donors (Lipinski definition) is 1. The Kier molecular flexibility index (Phi) is 3.01. The lowest BCUT2D eigenvalue weighted by molar-refractivity contribution is 0.0704. The predicted molar refractivity (Wildman–Crippen MR) is 56.0 cm³/mol. The zero-order valence-corrected chi connectivity index (χ0v) is 8.59. The van der Waals surface area contributed by atoms with E-state index in [0.29, 0.717) is 5.92 Å². The van der Waals surface area contributed by atoms with Crippen LogP contribution in [-0.4, -0.2) is 11.2 Å². The molecule has 2 atom stereocenters. The fourth-order valence-corrected chi connectivity index (χ4v) is 2.91. The Morgan fingerprint density at radius 1 is 1.38 bits per heavy atom. The minimum atomic E-state index is -0.0455. The zero-order chi connectivity index (χ0) is 9.10. The maximum Gasteiger partial charge on any atom is 0.0571 e. The fourth-order valence-electron chi connectivity index (χ4n) is 2.11. The molecule has 1 nitrogen and oxygen atoms in total. The Bertz CT molecular complexity index is 243. The third-order valence-corrected chi connectivity index (χ3v) is 3.81. The molecule has 1 aromatic rings. The van der Waals surface area contributed by atoms with Crippen molar-refractivity contribution < 1.29 is 5.11 Å². The summed E-state index contributed by atoms with van der Waals surface area (Å²) in [4.78, 5) is 1.42. The zero-order valence-electron chi connectivity index (χ0n) is 7.78. The van der Waals surface area contributed by atoms with E-state index in [1.807, 2.05) is 11.3 Å². The van der Waals surface area contributed by atoms with E-state index < -0.39 is 0 Å². The summed E-state index contributed by atoms with van der Waals surface area (Å²) < 4.78 is 0. The Morgan fingerprint density at radius 2 is 2.23 bits per heavy atom. The molecule has 0 aliphatic heterocycles. The van der Waals surface area contributed by atoms with E-state index in [2.05, 4.69) is 17.5 Å². The van der Waals surface area contributed by atoms with E-state index in [0.717, 1.165) is 12.8 Å². The highest BCUT2D eigenvalue weighted by Gasteiger charge is 2.23. The van der Waals surface area contributed by atoms with E-state index >= 15 is 0 Å². The van der Waals surface area contributed by atoms with Gasteiger partial charge in [-0.15, -0.1) is 11.3 Å². The summed E-state index contributed by atoms with van der Waals surface area (Å²) in [5, 5.41) is 11.9. The molecule has 0 amide bonds. The molecule has 0 aromatic carbocycles. The normalized spacial score (nSPS) is 29.0. The van der Waals surface area contributed by atoms with Crippen LogP contribution in [0.3, 0.4) is 0 Å². The third-order valence-electron chi connectivity index (χ3n) is 2.91. The summed E-state index contributed by atoms with van der Waals surface area (Å²) in [7, 11) is 0. The van der Waals surface area contributed by atoms with Gasteiger partial charge >= 0.3 is 0 Å². The van der Waals surface area contributed by atoms with Gasteiger partial charge in [-0.2, -0.15) is 0 Å². The first kappa shape index (κ1) is 9.22.